The number of carbonyl (C=O) groups excluding carboxylic acids is 1. The zero-order chi connectivity index (χ0) is 21.8. The van der Waals surface area contributed by atoms with Gasteiger partial charge in [0.1, 0.15) is 5.82 Å². The number of nitrogens with zero attached hydrogens (tertiary/aromatic N) is 4. The maximum Gasteiger partial charge on any atom is 0.254 e. The zero-order valence-electron chi connectivity index (χ0n) is 18.3. The summed E-state index contributed by atoms with van der Waals surface area (Å²) in [6, 6.07) is 7.18. The van der Waals surface area contributed by atoms with E-state index in [0.29, 0.717) is 34.6 Å². The van der Waals surface area contributed by atoms with Crippen LogP contribution in [0.5, 0.6) is 0 Å². The minimum absolute atomic E-state index is 0.0100. The van der Waals surface area contributed by atoms with E-state index in [-0.39, 0.29) is 17.1 Å². The first kappa shape index (κ1) is 19.9. The summed E-state index contributed by atoms with van der Waals surface area (Å²) < 4.78 is 17.2. The summed E-state index contributed by atoms with van der Waals surface area (Å²) in [5.41, 5.74) is 4.96. The van der Waals surface area contributed by atoms with Crippen molar-refractivity contribution in [2.45, 2.75) is 52.6 Å². The topological polar surface area (TPSA) is 51.0 Å². The molecule has 2 aliphatic rings. The minimum atomic E-state index is -0.321. The number of amides is 1. The second-order valence-electron chi connectivity index (χ2n) is 9.45. The molecule has 6 heteroatoms. The molecule has 1 aliphatic carbocycles. The SMILES string of the molecule is Cc1cc(F)c(-c2cnn(CC3(C)CCCC3)c2)c(-c2ccc3c(c2)C(=O)N(C)C3)n1. The lowest BCUT2D eigenvalue weighted by molar-refractivity contribution is 0.0816. The van der Waals surface area contributed by atoms with E-state index in [9.17, 15) is 4.79 Å². The average Bonchev–Trinajstić information content (AvgIpc) is 3.42. The predicted molar refractivity (Wildman–Crippen MR) is 118 cm³/mol. The van der Waals surface area contributed by atoms with Crippen molar-refractivity contribution in [2.24, 2.45) is 5.41 Å². The van der Waals surface area contributed by atoms with Crippen LogP contribution in [0.15, 0.2) is 36.7 Å². The summed E-state index contributed by atoms with van der Waals surface area (Å²) in [7, 11) is 1.79. The molecule has 3 heterocycles. The summed E-state index contributed by atoms with van der Waals surface area (Å²) >= 11 is 0. The molecular weight excluding hydrogens is 391 g/mol. The van der Waals surface area contributed by atoms with Gasteiger partial charge in [0.2, 0.25) is 0 Å². The second-order valence-corrected chi connectivity index (χ2v) is 9.45. The molecule has 160 valence electrons. The first-order valence-corrected chi connectivity index (χ1v) is 10.9. The van der Waals surface area contributed by atoms with E-state index in [2.05, 4.69) is 17.0 Å². The third-order valence-corrected chi connectivity index (χ3v) is 6.74. The lowest BCUT2D eigenvalue weighted by Gasteiger charge is -2.22. The predicted octanol–water partition coefficient (Wildman–Crippen LogP) is 5.23. The van der Waals surface area contributed by atoms with Crippen LogP contribution in [0.3, 0.4) is 0 Å². The molecule has 0 spiro atoms. The number of rotatable bonds is 4. The molecule has 1 saturated carbocycles. The molecule has 0 unspecified atom stereocenters. The quantitative estimate of drug-likeness (QED) is 0.583. The summed E-state index contributed by atoms with van der Waals surface area (Å²) in [4.78, 5) is 18.8. The second kappa shape index (κ2) is 7.29. The Labute approximate surface area is 181 Å². The van der Waals surface area contributed by atoms with Crippen LogP contribution in [-0.4, -0.2) is 32.6 Å². The number of fused-ring (bicyclic) bond motifs is 1. The number of halogens is 1. The molecule has 0 radical (unpaired) electrons. The summed E-state index contributed by atoms with van der Waals surface area (Å²) in [6.45, 7) is 5.53. The van der Waals surface area contributed by atoms with Crippen LogP contribution in [0.25, 0.3) is 22.4 Å². The fourth-order valence-electron chi connectivity index (χ4n) is 5.07. The van der Waals surface area contributed by atoms with E-state index in [1.54, 1.807) is 25.1 Å². The Kier molecular flexibility index (Phi) is 4.68. The van der Waals surface area contributed by atoms with Gasteiger partial charge in [0.05, 0.1) is 11.9 Å². The van der Waals surface area contributed by atoms with Gasteiger partial charge in [-0.05, 0) is 42.9 Å². The highest BCUT2D eigenvalue weighted by molar-refractivity contribution is 5.99. The van der Waals surface area contributed by atoms with Gasteiger partial charge in [0.25, 0.3) is 5.91 Å². The lowest BCUT2D eigenvalue weighted by Crippen LogP contribution is -2.19. The van der Waals surface area contributed by atoms with Gasteiger partial charge in [-0.25, -0.2) is 4.39 Å². The van der Waals surface area contributed by atoms with E-state index in [1.165, 1.54) is 31.7 Å². The summed E-state index contributed by atoms with van der Waals surface area (Å²) in [5, 5.41) is 4.54. The van der Waals surface area contributed by atoms with E-state index in [4.69, 9.17) is 0 Å². The van der Waals surface area contributed by atoms with Crippen LogP contribution in [-0.2, 0) is 13.1 Å². The van der Waals surface area contributed by atoms with Gasteiger partial charge in [-0.15, -0.1) is 0 Å². The molecule has 0 N–H and O–H groups in total. The molecule has 1 aliphatic heterocycles. The third kappa shape index (κ3) is 3.54. The van der Waals surface area contributed by atoms with Gasteiger partial charge in [-0.3, -0.25) is 14.5 Å². The number of aryl methyl sites for hydroxylation is 1. The summed E-state index contributed by atoms with van der Waals surface area (Å²) in [6.07, 6.45) is 8.57. The van der Waals surface area contributed by atoms with Crippen LogP contribution < -0.4 is 0 Å². The van der Waals surface area contributed by atoms with Crippen molar-refractivity contribution >= 4 is 5.91 Å². The van der Waals surface area contributed by atoms with Crippen molar-refractivity contribution in [2.75, 3.05) is 7.05 Å². The maximum absolute atomic E-state index is 15.2. The molecule has 0 saturated heterocycles. The van der Waals surface area contributed by atoms with Crippen LogP contribution in [0.2, 0.25) is 0 Å². The van der Waals surface area contributed by atoms with E-state index in [1.807, 2.05) is 29.1 Å². The van der Waals surface area contributed by atoms with Gasteiger partial charge in [0.15, 0.2) is 0 Å². The van der Waals surface area contributed by atoms with Crippen LogP contribution >= 0.6 is 0 Å². The average molecular weight is 419 g/mol. The molecule has 0 atom stereocenters. The standard InChI is InChI=1S/C25H27FN4O/c1-16-10-21(26)22(19-12-27-30(14-19)15-25(2)8-4-5-9-25)23(28-16)17-6-7-18-13-29(3)24(31)20(18)11-17/h6-7,10-12,14H,4-5,8-9,13,15H2,1-3H3. The Balaban J connectivity index is 1.57. The zero-order valence-corrected chi connectivity index (χ0v) is 18.3. The molecule has 2 aromatic heterocycles. The number of pyridine rings is 1. The minimum Gasteiger partial charge on any atom is -0.337 e. The molecule has 1 amide bonds. The molecule has 3 aromatic rings. The van der Waals surface area contributed by atoms with Crippen molar-refractivity contribution in [3.63, 3.8) is 0 Å². The van der Waals surface area contributed by atoms with Crippen LogP contribution in [0.1, 0.15) is 54.2 Å². The lowest BCUT2D eigenvalue weighted by atomic mass is 9.89. The van der Waals surface area contributed by atoms with Crippen LogP contribution in [0, 0.1) is 18.2 Å². The first-order valence-electron chi connectivity index (χ1n) is 10.9. The fraction of sp³-hybridized carbons (Fsp3) is 0.400. The monoisotopic (exact) mass is 418 g/mol. The molecule has 0 bridgehead atoms. The molecule has 1 fully saturated rings. The number of hydrogen-bond donors (Lipinski definition) is 0. The van der Waals surface area contributed by atoms with E-state index < -0.39 is 0 Å². The van der Waals surface area contributed by atoms with Gasteiger partial charge >= 0.3 is 0 Å². The van der Waals surface area contributed by atoms with Crippen molar-refractivity contribution < 1.29 is 9.18 Å². The Hall–Kier alpha value is -3.02. The Morgan fingerprint density at radius 1 is 1.16 bits per heavy atom. The number of hydrogen-bond acceptors (Lipinski definition) is 3. The fourth-order valence-corrected chi connectivity index (χ4v) is 5.07. The third-order valence-electron chi connectivity index (χ3n) is 6.74. The van der Waals surface area contributed by atoms with E-state index in [0.717, 1.165) is 17.7 Å². The highest BCUT2D eigenvalue weighted by atomic mass is 19.1. The highest BCUT2D eigenvalue weighted by Gasteiger charge is 2.30. The maximum atomic E-state index is 15.2. The van der Waals surface area contributed by atoms with Gasteiger partial charge < -0.3 is 4.90 Å². The Morgan fingerprint density at radius 3 is 2.71 bits per heavy atom. The van der Waals surface area contributed by atoms with Crippen molar-refractivity contribution in [3.8, 4) is 22.4 Å². The Bertz CT molecular complexity index is 1180. The first-order chi connectivity index (χ1) is 14.8. The van der Waals surface area contributed by atoms with Crippen molar-refractivity contribution in [1.29, 1.82) is 0 Å². The molecular formula is C25H27FN4O. The number of aromatic nitrogens is 3. The number of carbonyl (C=O) groups is 1. The molecule has 5 nitrogen and oxygen atoms in total. The van der Waals surface area contributed by atoms with Crippen molar-refractivity contribution in [3.05, 3.63) is 59.3 Å². The van der Waals surface area contributed by atoms with Gasteiger partial charge in [-0.2, -0.15) is 5.10 Å². The molecule has 1 aromatic carbocycles. The Morgan fingerprint density at radius 2 is 1.94 bits per heavy atom. The van der Waals surface area contributed by atoms with Crippen LogP contribution in [0.4, 0.5) is 4.39 Å². The van der Waals surface area contributed by atoms with E-state index >= 15 is 4.39 Å². The summed E-state index contributed by atoms with van der Waals surface area (Å²) in [5.74, 6) is -0.331. The van der Waals surface area contributed by atoms with Crippen molar-refractivity contribution in [1.82, 2.24) is 19.7 Å². The van der Waals surface area contributed by atoms with Gasteiger partial charge in [0, 0.05) is 54.3 Å². The molecule has 31 heavy (non-hydrogen) atoms. The normalized spacial score (nSPS) is 17.4. The largest absolute Gasteiger partial charge is 0.337 e. The molecule has 5 rings (SSSR count). The number of benzene rings is 1. The van der Waals surface area contributed by atoms with Gasteiger partial charge in [-0.1, -0.05) is 31.9 Å². The highest BCUT2D eigenvalue weighted by Crippen LogP contribution is 2.40. The smallest absolute Gasteiger partial charge is 0.254 e.